The van der Waals surface area contributed by atoms with Gasteiger partial charge in [0.25, 0.3) is 5.91 Å². The van der Waals surface area contributed by atoms with Crippen LogP contribution < -0.4 is 21.7 Å². The van der Waals surface area contributed by atoms with Crippen molar-refractivity contribution in [1.29, 1.82) is 0 Å². The van der Waals surface area contributed by atoms with Gasteiger partial charge in [0.15, 0.2) is 0 Å². The molecule has 1 aromatic carbocycles. The van der Waals surface area contributed by atoms with Crippen molar-refractivity contribution in [3.05, 3.63) is 29.3 Å². The number of carbonyl (C=O) groups excluding carboxylic acids is 1. The van der Waals surface area contributed by atoms with E-state index in [9.17, 15) is 4.79 Å². The van der Waals surface area contributed by atoms with Crippen molar-refractivity contribution in [2.75, 3.05) is 6.61 Å². The molecular weight excluding hydrogens is 218 g/mol. The third kappa shape index (κ3) is 3.72. The van der Waals surface area contributed by atoms with Crippen LogP contribution in [0.2, 0.25) is 0 Å². The summed E-state index contributed by atoms with van der Waals surface area (Å²) in [5.41, 5.74) is 9.75. The third-order valence-electron chi connectivity index (χ3n) is 2.47. The lowest BCUT2D eigenvalue weighted by molar-refractivity contribution is -0.122. The van der Waals surface area contributed by atoms with Gasteiger partial charge >= 0.3 is 0 Å². The summed E-state index contributed by atoms with van der Waals surface area (Å²) in [5, 5.41) is 0. The molecule has 1 amide bonds. The topological polar surface area (TPSA) is 90.4 Å². The maximum Gasteiger partial charge on any atom is 0.251 e. The lowest BCUT2D eigenvalue weighted by atomic mass is 10.0. The number of benzene rings is 1. The van der Waals surface area contributed by atoms with E-state index < -0.39 is 6.04 Å². The van der Waals surface area contributed by atoms with Crippen molar-refractivity contribution in [3.8, 4) is 5.75 Å². The molecule has 0 radical (unpaired) electrons. The van der Waals surface area contributed by atoms with E-state index >= 15 is 0 Å². The van der Waals surface area contributed by atoms with Gasteiger partial charge in [0.1, 0.15) is 5.75 Å². The summed E-state index contributed by atoms with van der Waals surface area (Å²) in [4.78, 5) is 11.2. The van der Waals surface area contributed by atoms with Crippen LogP contribution in [0.4, 0.5) is 0 Å². The minimum absolute atomic E-state index is 0.364. The molecule has 0 fully saturated rings. The predicted molar refractivity (Wildman–Crippen MR) is 66.4 cm³/mol. The van der Waals surface area contributed by atoms with E-state index in [1.54, 1.807) is 0 Å². The standard InChI is InChI=1S/C12H19N3O2/c1-3-17-11-5-4-9(6-8(11)2)7-10(13)12(16)15-14/h4-6,10H,3,7,13-14H2,1-2H3,(H,15,16). The van der Waals surface area contributed by atoms with Crippen molar-refractivity contribution in [1.82, 2.24) is 5.43 Å². The number of nitrogens with two attached hydrogens (primary N) is 2. The summed E-state index contributed by atoms with van der Waals surface area (Å²) in [7, 11) is 0. The number of hydrogen-bond acceptors (Lipinski definition) is 4. The van der Waals surface area contributed by atoms with Crippen molar-refractivity contribution in [3.63, 3.8) is 0 Å². The Balaban J connectivity index is 2.73. The Morgan fingerprint density at radius 2 is 2.24 bits per heavy atom. The SMILES string of the molecule is CCOc1ccc(CC(N)C(=O)NN)cc1C. The van der Waals surface area contributed by atoms with E-state index in [4.69, 9.17) is 16.3 Å². The molecule has 5 N–H and O–H groups in total. The summed E-state index contributed by atoms with van der Waals surface area (Å²) in [6, 6.07) is 5.13. The second-order valence-electron chi connectivity index (χ2n) is 3.85. The minimum atomic E-state index is -0.627. The highest BCUT2D eigenvalue weighted by atomic mass is 16.5. The highest BCUT2D eigenvalue weighted by molar-refractivity contribution is 5.81. The molecule has 1 atom stereocenters. The molecule has 0 aliphatic carbocycles. The van der Waals surface area contributed by atoms with Gasteiger partial charge in [0.2, 0.25) is 0 Å². The number of carbonyl (C=O) groups is 1. The van der Waals surface area contributed by atoms with Gasteiger partial charge in [-0.2, -0.15) is 0 Å². The Kier molecular flexibility index (Phi) is 4.93. The highest BCUT2D eigenvalue weighted by Crippen LogP contribution is 2.19. The fourth-order valence-electron chi connectivity index (χ4n) is 1.61. The minimum Gasteiger partial charge on any atom is -0.494 e. The third-order valence-corrected chi connectivity index (χ3v) is 2.47. The Labute approximate surface area is 101 Å². The molecule has 5 nitrogen and oxygen atoms in total. The largest absolute Gasteiger partial charge is 0.494 e. The van der Waals surface area contributed by atoms with Crippen LogP contribution in [0.1, 0.15) is 18.1 Å². The molecule has 0 saturated heterocycles. The number of aryl methyl sites for hydroxylation is 1. The molecule has 0 spiro atoms. The first-order valence-corrected chi connectivity index (χ1v) is 5.56. The quantitative estimate of drug-likeness (QED) is 0.389. The van der Waals surface area contributed by atoms with Crippen molar-refractivity contribution >= 4 is 5.91 Å². The van der Waals surface area contributed by atoms with Gasteiger partial charge < -0.3 is 10.5 Å². The van der Waals surface area contributed by atoms with Gasteiger partial charge in [-0.05, 0) is 37.5 Å². The first kappa shape index (κ1) is 13.5. The van der Waals surface area contributed by atoms with E-state index in [0.29, 0.717) is 13.0 Å². The van der Waals surface area contributed by atoms with Crippen molar-refractivity contribution in [2.24, 2.45) is 11.6 Å². The molecule has 0 aliphatic heterocycles. The normalized spacial score (nSPS) is 12.0. The maximum atomic E-state index is 11.2. The zero-order chi connectivity index (χ0) is 12.8. The average molecular weight is 237 g/mol. The number of amides is 1. The first-order chi connectivity index (χ1) is 8.08. The van der Waals surface area contributed by atoms with Gasteiger partial charge in [-0.1, -0.05) is 12.1 Å². The Morgan fingerprint density at radius 1 is 1.53 bits per heavy atom. The number of ether oxygens (including phenoxy) is 1. The lowest BCUT2D eigenvalue weighted by Gasteiger charge is -2.12. The molecule has 1 unspecified atom stereocenters. The highest BCUT2D eigenvalue weighted by Gasteiger charge is 2.13. The van der Waals surface area contributed by atoms with Crippen LogP contribution in [0, 0.1) is 6.92 Å². The summed E-state index contributed by atoms with van der Waals surface area (Å²) < 4.78 is 5.43. The second-order valence-corrected chi connectivity index (χ2v) is 3.85. The molecule has 0 bridgehead atoms. The van der Waals surface area contributed by atoms with Crippen LogP contribution in [-0.2, 0) is 11.2 Å². The molecule has 1 aromatic rings. The zero-order valence-corrected chi connectivity index (χ0v) is 10.2. The molecule has 17 heavy (non-hydrogen) atoms. The molecule has 5 heteroatoms. The molecule has 0 saturated carbocycles. The van der Waals surface area contributed by atoms with Crippen LogP contribution in [0.25, 0.3) is 0 Å². The van der Waals surface area contributed by atoms with Gasteiger partial charge in [-0.3, -0.25) is 10.2 Å². The number of nitrogens with one attached hydrogen (secondary N) is 1. The van der Waals surface area contributed by atoms with E-state index in [1.165, 1.54) is 0 Å². The summed E-state index contributed by atoms with van der Waals surface area (Å²) in [5.74, 6) is 5.51. The fraction of sp³-hybridized carbons (Fsp3) is 0.417. The summed E-state index contributed by atoms with van der Waals surface area (Å²) in [6.07, 6.45) is 0.455. The average Bonchev–Trinajstić information content (AvgIpc) is 2.31. The fourth-order valence-corrected chi connectivity index (χ4v) is 1.61. The summed E-state index contributed by atoms with van der Waals surface area (Å²) >= 11 is 0. The van der Waals surface area contributed by atoms with Gasteiger partial charge in [0.05, 0.1) is 12.6 Å². The van der Waals surface area contributed by atoms with Crippen molar-refractivity contribution in [2.45, 2.75) is 26.3 Å². The monoisotopic (exact) mass is 237 g/mol. The van der Waals surface area contributed by atoms with Gasteiger partial charge in [0, 0.05) is 0 Å². The molecule has 1 rings (SSSR count). The Morgan fingerprint density at radius 3 is 2.76 bits per heavy atom. The Bertz CT molecular complexity index is 393. The van der Waals surface area contributed by atoms with E-state index in [0.717, 1.165) is 16.9 Å². The first-order valence-electron chi connectivity index (χ1n) is 5.56. The molecule has 0 aromatic heterocycles. The van der Waals surface area contributed by atoms with Crippen LogP contribution >= 0.6 is 0 Å². The Hall–Kier alpha value is -1.59. The van der Waals surface area contributed by atoms with Gasteiger partial charge in [-0.25, -0.2) is 5.84 Å². The van der Waals surface area contributed by atoms with Crippen LogP contribution in [0.3, 0.4) is 0 Å². The second kappa shape index (κ2) is 6.22. The van der Waals surface area contributed by atoms with E-state index in [2.05, 4.69) is 0 Å². The number of rotatable bonds is 5. The number of hydrazine groups is 1. The smallest absolute Gasteiger partial charge is 0.251 e. The maximum absolute atomic E-state index is 11.2. The zero-order valence-electron chi connectivity index (χ0n) is 10.2. The summed E-state index contributed by atoms with van der Waals surface area (Å²) in [6.45, 7) is 4.53. The van der Waals surface area contributed by atoms with Crippen LogP contribution in [-0.4, -0.2) is 18.6 Å². The van der Waals surface area contributed by atoms with Crippen molar-refractivity contribution < 1.29 is 9.53 Å². The molecule has 0 heterocycles. The van der Waals surface area contributed by atoms with E-state index in [1.807, 2.05) is 37.5 Å². The van der Waals surface area contributed by atoms with Crippen LogP contribution in [0.5, 0.6) is 5.75 Å². The lowest BCUT2D eigenvalue weighted by Crippen LogP contribution is -2.45. The molecule has 94 valence electrons. The van der Waals surface area contributed by atoms with Gasteiger partial charge in [-0.15, -0.1) is 0 Å². The van der Waals surface area contributed by atoms with Crippen LogP contribution in [0.15, 0.2) is 18.2 Å². The predicted octanol–water partition coefficient (Wildman–Crippen LogP) is 0.253. The number of hydrogen-bond donors (Lipinski definition) is 3. The molecular formula is C12H19N3O2. The van der Waals surface area contributed by atoms with E-state index in [-0.39, 0.29) is 5.91 Å². The molecule has 0 aliphatic rings.